The van der Waals surface area contributed by atoms with Crippen LogP contribution in [0.3, 0.4) is 0 Å². The molecule has 0 saturated heterocycles. The second-order valence-electron chi connectivity index (χ2n) is 28.5. The van der Waals surface area contributed by atoms with E-state index in [1.165, 1.54) is 180 Å². The lowest BCUT2D eigenvalue weighted by molar-refractivity contribution is -0.161. The number of aliphatic hydroxyl groups is 1. The third-order valence-electron chi connectivity index (χ3n) is 18.2. The fourth-order valence-corrected chi connectivity index (χ4v) is 13.2. The summed E-state index contributed by atoms with van der Waals surface area (Å²) >= 11 is 0. The highest BCUT2D eigenvalue weighted by Crippen LogP contribution is 2.45. The van der Waals surface area contributed by atoms with Crippen LogP contribution in [0.5, 0.6) is 0 Å². The maximum absolute atomic E-state index is 13.1. The summed E-state index contributed by atoms with van der Waals surface area (Å²) in [5.41, 5.74) is 0. The second-order valence-corrected chi connectivity index (χ2v) is 31.4. The van der Waals surface area contributed by atoms with Crippen LogP contribution < -0.4 is 0 Å². The number of unbranched alkanes of at least 4 members (excludes halogenated alkanes) is 42. The van der Waals surface area contributed by atoms with E-state index in [1.54, 1.807) is 0 Å². The Hall–Kier alpha value is -2.46. The van der Waals surface area contributed by atoms with Crippen molar-refractivity contribution >= 4 is 39.5 Å². The molecule has 98 heavy (non-hydrogen) atoms. The molecule has 578 valence electrons. The van der Waals surface area contributed by atoms with Crippen molar-refractivity contribution in [3.63, 3.8) is 0 Å². The maximum Gasteiger partial charge on any atom is 0.472 e. The molecule has 0 aromatic rings. The Balaban J connectivity index is 5.25. The Bertz CT molecular complexity index is 1990. The molecule has 0 heterocycles. The standard InChI is InChI=1S/C79H150O17P2/c1-7-10-12-14-16-18-20-22-24-25-26-27-28-29-31-33-35-39-43-51-57-63-78(83)95-74(67-89-76(81)61-55-49-42-38-34-32-30-23-21-19-17-15-13-11-8-2)69-93-97(85,86)91-65-73(80)66-92-98(87,88)94-70-75(68-90-77(82)62-56-50-46-45-48-54-60-72(6)9-3)96-79(84)64-58-52-44-40-36-37-41-47-53-59-71(4)5/h19,21,23,30,71-75,80H,7-18,20,22,24-29,31-70H2,1-6H3,(H,85,86)(H,87,88)/b21-19-,30-23-/t72?,73-,74-,75-/m1/s1. The molecule has 0 aliphatic carbocycles. The number of phosphoric acid groups is 2. The number of ether oxygens (including phenoxy) is 4. The first-order chi connectivity index (χ1) is 47.4. The molecular weight excluding hydrogens is 1280 g/mol. The Kier molecular flexibility index (Phi) is 68.5. The third-order valence-corrected chi connectivity index (χ3v) is 20.1. The fourth-order valence-electron chi connectivity index (χ4n) is 11.6. The number of hydrogen-bond donors (Lipinski definition) is 3. The first-order valence-corrected chi connectivity index (χ1v) is 43.3. The molecule has 6 atom stereocenters. The zero-order valence-electron chi connectivity index (χ0n) is 63.6. The van der Waals surface area contributed by atoms with Crippen molar-refractivity contribution < 1.29 is 80.2 Å². The molecule has 0 aliphatic heterocycles. The molecule has 0 amide bonds. The van der Waals surface area contributed by atoms with Crippen molar-refractivity contribution in [3.05, 3.63) is 24.3 Å². The minimum atomic E-state index is -4.97. The van der Waals surface area contributed by atoms with Crippen molar-refractivity contribution in [1.82, 2.24) is 0 Å². The van der Waals surface area contributed by atoms with Gasteiger partial charge in [0.1, 0.15) is 19.3 Å². The third kappa shape index (κ3) is 70.6. The monoisotopic (exact) mass is 1430 g/mol. The topological polar surface area (TPSA) is 237 Å². The van der Waals surface area contributed by atoms with Crippen LogP contribution >= 0.6 is 15.6 Å². The average molecular weight is 1430 g/mol. The average Bonchev–Trinajstić information content (AvgIpc) is 0.973. The maximum atomic E-state index is 13.1. The quantitative estimate of drug-likeness (QED) is 0.0169. The van der Waals surface area contributed by atoms with Crippen LogP contribution in [0.2, 0.25) is 0 Å². The van der Waals surface area contributed by atoms with Crippen LogP contribution in [0.25, 0.3) is 0 Å². The Morgan fingerprint density at radius 3 is 0.918 bits per heavy atom. The van der Waals surface area contributed by atoms with Crippen LogP contribution in [-0.2, 0) is 65.4 Å². The summed E-state index contributed by atoms with van der Waals surface area (Å²) < 4.78 is 68.5. The predicted octanol–water partition coefficient (Wildman–Crippen LogP) is 23.1. The van der Waals surface area contributed by atoms with Crippen molar-refractivity contribution in [2.45, 2.75) is 407 Å². The van der Waals surface area contributed by atoms with Crippen LogP contribution in [0, 0.1) is 11.8 Å². The van der Waals surface area contributed by atoms with E-state index in [9.17, 15) is 43.2 Å². The lowest BCUT2D eigenvalue weighted by Gasteiger charge is -2.21. The number of hydrogen-bond acceptors (Lipinski definition) is 15. The Morgan fingerprint density at radius 2 is 0.602 bits per heavy atom. The molecule has 0 radical (unpaired) electrons. The van der Waals surface area contributed by atoms with Gasteiger partial charge < -0.3 is 33.8 Å². The van der Waals surface area contributed by atoms with E-state index >= 15 is 0 Å². The van der Waals surface area contributed by atoms with Gasteiger partial charge in [0.25, 0.3) is 0 Å². The van der Waals surface area contributed by atoms with Gasteiger partial charge in [-0.25, -0.2) is 9.13 Å². The molecule has 0 fully saturated rings. The van der Waals surface area contributed by atoms with Gasteiger partial charge in [-0.1, -0.05) is 336 Å². The van der Waals surface area contributed by atoms with Crippen molar-refractivity contribution in [2.75, 3.05) is 39.6 Å². The molecule has 19 heteroatoms. The number of phosphoric ester groups is 2. The SMILES string of the molecule is CCCCCC/C=C\C=C/CCCCCCCC(=O)OC[C@H](COP(=O)(O)OC[C@@H](O)COP(=O)(O)OC[C@@H](COC(=O)CCCCCCCCC(C)CC)OC(=O)CCCCCCCCCCCC(C)C)OC(=O)CCCCCCCCCCCCCCCCCCCCCCC. The van der Waals surface area contributed by atoms with Gasteiger partial charge in [0.15, 0.2) is 12.2 Å². The van der Waals surface area contributed by atoms with Crippen LogP contribution in [-0.4, -0.2) is 96.7 Å². The highest BCUT2D eigenvalue weighted by Gasteiger charge is 2.30. The van der Waals surface area contributed by atoms with E-state index < -0.39 is 97.5 Å². The zero-order valence-corrected chi connectivity index (χ0v) is 65.4. The number of carbonyl (C=O) groups is 4. The minimum absolute atomic E-state index is 0.102. The number of aliphatic hydroxyl groups excluding tert-OH is 1. The number of rotatable bonds is 76. The second kappa shape index (κ2) is 70.2. The van der Waals surface area contributed by atoms with Crippen molar-refractivity contribution in [3.8, 4) is 0 Å². The van der Waals surface area contributed by atoms with Gasteiger partial charge in [-0.2, -0.15) is 0 Å². The Labute approximate surface area is 599 Å². The van der Waals surface area contributed by atoms with Gasteiger partial charge in [0.05, 0.1) is 26.4 Å². The highest BCUT2D eigenvalue weighted by atomic mass is 31.2. The first-order valence-electron chi connectivity index (χ1n) is 40.3. The van der Waals surface area contributed by atoms with Gasteiger partial charge in [-0.15, -0.1) is 0 Å². The summed E-state index contributed by atoms with van der Waals surface area (Å²) in [6, 6.07) is 0. The predicted molar refractivity (Wildman–Crippen MR) is 400 cm³/mol. The molecule has 0 saturated carbocycles. The molecule has 0 spiro atoms. The Morgan fingerprint density at radius 1 is 0.337 bits per heavy atom. The van der Waals surface area contributed by atoms with Crippen LogP contribution in [0.15, 0.2) is 24.3 Å². The number of allylic oxidation sites excluding steroid dienone is 4. The molecule has 0 rings (SSSR count). The van der Waals surface area contributed by atoms with Gasteiger partial charge in [0, 0.05) is 25.7 Å². The van der Waals surface area contributed by atoms with E-state index in [0.29, 0.717) is 25.7 Å². The lowest BCUT2D eigenvalue weighted by atomic mass is 10.00. The molecule has 0 aliphatic rings. The van der Waals surface area contributed by atoms with E-state index in [2.05, 4.69) is 65.8 Å². The summed E-state index contributed by atoms with van der Waals surface area (Å²) in [6.07, 6.45) is 62.1. The summed E-state index contributed by atoms with van der Waals surface area (Å²) in [6.45, 7) is 9.47. The largest absolute Gasteiger partial charge is 0.472 e. The summed E-state index contributed by atoms with van der Waals surface area (Å²) in [5, 5.41) is 10.6. The molecule has 0 aromatic carbocycles. The number of carbonyl (C=O) groups excluding carboxylic acids is 4. The summed E-state index contributed by atoms with van der Waals surface area (Å²) in [5.74, 6) is -0.682. The van der Waals surface area contributed by atoms with Crippen LogP contribution in [0.4, 0.5) is 0 Å². The van der Waals surface area contributed by atoms with Gasteiger partial charge in [-0.05, 0) is 63.2 Å². The molecule has 3 N–H and O–H groups in total. The van der Waals surface area contributed by atoms with Crippen molar-refractivity contribution in [1.29, 1.82) is 0 Å². The molecule has 0 aromatic heterocycles. The molecule has 3 unspecified atom stereocenters. The smallest absolute Gasteiger partial charge is 0.462 e. The molecular formula is C79H150O17P2. The highest BCUT2D eigenvalue weighted by molar-refractivity contribution is 7.47. The minimum Gasteiger partial charge on any atom is -0.462 e. The van der Waals surface area contributed by atoms with Gasteiger partial charge in [-0.3, -0.25) is 37.3 Å². The van der Waals surface area contributed by atoms with E-state index in [4.69, 9.17) is 37.0 Å². The van der Waals surface area contributed by atoms with E-state index in [1.807, 2.05) is 0 Å². The normalized spacial score (nSPS) is 14.4. The fraction of sp³-hybridized carbons (Fsp3) is 0.899. The van der Waals surface area contributed by atoms with E-state index in [0.717, 1.165) is 127 Å². The summed E-state index contributed by atoms with van der Waals surface area (Å²) in [4.78, 5) is 72.9. The lowest BCUT2D eigenvalue weighted by Crippen LogP contribution is -2.30. The van der Waals surface area contributed by atoms with E-state index in [-0.39, 0.29) is 25.7 Å². The number of esters is 4. The van der Waals surface area contributed by atoms with Gasteiger partial charge in [0.2, 0.25) is 0 Å². The van der Waals surface area contributed by atoms with Crippen LogP contribution in [0.1, 0.15) is 388 Å². The molecule has 17 nitrogen and oxygen atoms in total. The zero-order chi connectivity index (χ0) is 72.1. The van der Waals surface area contributed by atoms with Gasteiger partial charge >= 0.3 is 39.5 Å². The first kappa shape index (κ1) is 95.5. The summed E-state index contributed by atoms with van der Waals surface area (Å²) in [7, 11) is -9.93. The van der Waals surface area contributed by atoms with Crippen molar-refractivity contribution in [2.24, 2.45) is 11.8 Å². The molecule has 0 bridgehead atoms.